The molecule has 0 aliphatic heterocycles. The van der Waals surface area contributed by atoms with Gasteiger partial charge < -0.3 is 4.74 Å². The van der Waals surface area contributed by atoms with Crippen molar-refractivity contribution >= 4 is 17.5 Å². The second kappa shape index (κ2) is 7.36. The number of para-hydroxylation sites is 1. The van der Waals surface area contributed by atoms with Crippen LogP contribution in [0.5, 0.6) is 5.75 Å². The summed E-state index contributed by atoms with van der Waals surface area (Å²) in [6, 6.07) is 22.9. The van der Waals surface area contributed by atoms with Crippen LogP contribution in [0, 0.1) is 0 Å². The Bertz CT molecular complexity index is 898. The molecule has 0 saturated heterocycles. The number of ketones is 2. The maximum atomic E-state index is 12.3. The molecule has 0 spiro atoms. The monoisotopic (exact) mass is 330 g/mol. The Balaban J connectivity index is 1.72. The molecule has 0 aliphatic rings. The minimum Gasteiger partial charge on any atom is -0.423 e. The average molecular weight is 330 g/mol. The molecule has 0 aliphatic carbocycles. The summed E-state index contributed by atoms with van der Waals surface area (Å²) in [6.45, 7) is 0. The lowest BCUT2D eigenvalue weighted by Gasteiger charge is -2.05. The summed E-state index contributed by atoms with van der Waals surface area (Å²) in [5.41, 5.74) is 0.859. The van der Waals surface area contributed by atoms with E-state index in [-0.39, 0.29) is 5.56 Å². The Morgan fingerprint density at radius 3 is 1.52 bits per heavy atom. The van der Waals surface area contributed by atoms with Crippen LogP contribution in [0.25, 0.3) is 0 Å². The summed E-state index contributed by atoms with van der Waals surface area (Å²) in [4.78, 5) is 36.5. The zero-order valence-corrected chi connectivity index (χ0v) is 13.2. The number of carbonyl (C=O) groups excluding carboxylic acids is 3. The highest BCUT2D eigenvalue weighted by Gasteiger charge is 2.18. The van der Waals surface area contributed by atoms with Gasteiger partial charge in [-0.3, -0.25) is 9.59 Å². The third-order valence-electron chi connectivity index (χ3n) is 3.58. The van der Waals surface area contributed by atoms with E-state index in [2.05, 4.69) is 0 Å². The summed E-state index contributed by atoms with van der Waals surface area (Å²) in [6.07, 6.45) is 0. The van der Waals surface area contributed by atoms with Gasteiger partial charge in [-0.05, 0) is 24.3 Å². The molecule has 0 heterocycles. The van der Waals surface area contributed by atoms with E-state index in [1.54, 1.807) is 54.6 Å². The van der Waals surface area contributed by atoms with Crippen molar-refractivity contribution in [2.45, 2.75) is 0 Å². The Hall–Kier alpha value is -3.53. The third kappa shape index (κ3) is 3.87. The van der Waals surface area contributed by atoms with Crippen molar-refractivity contribution in [1.82, 2.24) is 0 Å². The number of Topliss-reactive ketones (excluding diaryl/α,β-unsaturated/α-hetero) is 2. The van der Waals surface area contributed by atoms with Crippen molar-refractivity contribution in [1.29, 1.82) is 0 Å². The molecule has 122 valence electrons. The molecular formula is C21H14O4. The van der Waals surface area contributed by atoms with Gasteiger partial charge in [0.15, 0.2) is 0 Å². The van der Waals surface area contributed by atoms with Gasteiger partial charge in [0.1, 0.15) is 5.75 Å². The van der Waals surface area contributed by atoms with Gasteiger partial charge in [-0.25, -0.2) is 4.79 Å². The molecule has 0 radical (unpaired) electrons. The molecule has 3 rings (SSSR count). The van der Waals surface area contributed by atoms with Crippen LogP contribution in [-0.4, -0.2) is 17.5 Å². The molecule has 0 N–H and O–H groups in total. The van der Waals surface area contributed by atoms with Crippen LogP contribution in [-0.2, 0) is 0 Å². The summed E-state index contributed by atoms with van der Waals surface area (Å²) >= 11 is 0. The third-order valence-corrected chi connectivity index (χ3v) is 3.58. The van der Waals surface area contributed by atoms with Gasteiger partial charge in [-0.15, -0.1) is 0 Å². The van der Waals surface area contributed by atoms with Crippen LogP contribution in [0.15, 0.2) is 84.9 Å². The Morgan fingerprint density at radius 1 is 0.520 bits per heavy atom. The second-order valence-electron chi connectivity index (χ2n) is 5.30. The first-order chi connectivity index (χ1) is 12.1. The molecule has 0 atom stereocenters. The number of benzene rings is 3. The molecule has 0 bridgehead atoms. The molecule has 4 nitrogen and oxygen atoms in total. The predicted molar refractivity (Wildman–Crippen MR) is 92.9 cm³/mol. The van der Waals surface area contributed by atoms with Gasteiger partial charge in [0, 0.05) is 11.1 Å². The second-order valence-corrected chi connectivity index (χ2v) is 5.30. The van der Waals surface area contributed by atoms with Gasteiger partial charge in [0.2, 0.25) is 11.6 Å². The van der Waals surface area contributed by atoms with Gasteiger partial charge >= 0.3 is 5.97 Å². The fraction of sp³-hybridized carbons (Fsp3) is 0. The molecular weight excluding hydrogens is 316 g/mol. The lowest BCUT2D eigenvalue weighted by molar-refractivity contribution is 0.0734. The van der Waals surface area contributed by atoms with E-state index in [1.807, 2.05) is 6.07 Å². The largest absolute Gasteiger partial charge is 0.423 e. The van der Waals surface area contributed by atoms with Gasteiger partial charge in [0.25, 0.3) is 0 Å². The Labute approximate surface area is 144 Å². The number of hydrogen-bond acceptors (Lipinski definition) is 4. The highest BCUT2D eigenvalue weighted by molar-refractivity contribution is 6.49. The number of esters is 1. The molecule has 0 saturated carbocycles. The quantitative estimate of drug-likeness (QED) is 0.307. The highest BCUT2D eigenvalue weighted by Crippen LogP contribution is 2.14. The topological polar surface area (TPSA) is 60.4 Å². The van der Waals surface area contributed by atoms with E-state index >= 15 is 0 Å². The van der Waals surface area contributed by atoms with E-state index in [0.29, 0.717) is 16.9 Å². The molecule has 0 aromatic heterocycles. The first kappa shape index (κ1) is 16.3. The highest BCUT2D eigenvalue weighted by atomic mass is 16.5. The summed E-state index contributed by atoms with van der Waals surface area (Å²) in [5.74, 6) is -1.29. The van der Waals surface area contributed by atoms with E-state index in [1.165, 1.54) is 24.3 Å². The molecule has 25 heavy (non-hydrogen) atoms. The standard InChI is InChI=1S/C21H14O4/c22-19(15-7-3-1-4-8-15)20(23)16-11-13-17(14-12-16)21(24)25-18-9-5-2-6-10-18/h1-14H. The lowest BCUT2D eigenvalue weighted by atomic mass is 10.0. The molecule has 0 fully saturated rings. The van der Waals surface area contributed by atoms with Crippen molar-refractivity contribution in [2.75, 3.05) is 0 Å². The number of ether oxygens (including phenoxy) is 1. The number of hydrogen-bond donors (Lipinski definition) is 0. The van der Waals surface area contributed by atoms with Gasteiger partial charge in [-0.2, -0.15) is 0 Å². The van der Waals surface area contributed by atoms with Crippen molar-refractivity contribution in [3.8, 4) is 5.75 Å². The maximum Gasteiger partial charge on any atom is 0.343 e. The van der Waals surface area contributed by atoms with E-state index in [4.69, 9.17) is 4.74 Å². The number of carbonyl (C=O) groups is 3. The maximum absolute atomic E-state index is 12.3. The lowest BCUT2D eigenvalue weighted by Crippen LogP contribution is -2.15. The van der Waals surface area contributed by atoms with Crippen LogP contribution < -0.4 is 4.74 Å². The van der Waals surface area contributed by atoms with Gasteiger partial charge in [-0.1, -0.05) is 60.7 Å². The van der Waals surface area contributed by atoms with Crippen LogP contribution >= 0.6 is 0 Å². The first-order valence-electron chi connectivity index (χ1n) is 7.66. The molecule has 3 aromatic carbocycles. The Kier molecular flexibility index (Phi) is 4.81. The van der Waals surface area contributed by atoms with Crippen molar-refractivity contribution in [3.05, 3.63) is 102 Å². The predicted octanol–water partition coefficient (Wildman–Crippen LogP) is 3.97. The van der Waals surface area contributed by atoms with Crippen LogP contribution in [0.1, 0.15) is 31.1 Å². The minimum absolute atomic E-state index is 0.227. The van der Waals surface area contributed by atoms with Crippen molar-refractivity contribution < 1.29 is 19.1 Å². The Morgan fingerprint density at radius 2 is 0.960 bits per heavy atom. The van der Waals surface area contributed by atoms with Crippen LogP contribution in [0.4, 0.5) is 0 Å². The van der Waals surface area contributed by atoms with Gasteiger partial charge in [0.05, 0.1) is 5.56 Å². The molecule has 3 aromatic rings. The van der Waals surface area contributed by atoms with E-state index < -0.39 is 17.5 Å². The van der Waals surface area contributed by atoms with Crippen LogP contribution in [0.3, 0.4) is 0 Å². The molecule has 0 amide bonds. The minimum atomic E-state index is -0.617. The number of rotatable bonds is 5. The SMILES string of the molecule is O=C(Oc1ccccc1)c1ccc(C(=O)C(=O)c2ccccc2)cc1. The smallest absolute Gasteiger partial charge is 0.343 e. The fourth-order valence-electron chi connectivity index (χ4n) is 2.26. The van der Waals surface area contributed by atoms with E-state index in [0.717, 1.165) is 0 Å². The van der Waals surface area contributed by atoms with Crippen molar-refractivity contribution in [2.24, 2.45) is 0 Å². The summed E-state index contributed by atoms with van der Waals surface area (Å²) in [5, 5.41) is 0. The molecule has 4 heteroatoms. The molecule has 0 unspecified atom stereocenters. The van der Waals surface area contributed by atoms with Crippen molar-refractivity contribution in [3.63, 3.8) is 0 Å². The zero-order valence-electron chi connectivity index (χ0n) is 13.2. The summed E-state index contributed by atoms with van der Waals surface area (Å²) in [7, 11) is 0. The van der Waals surface area contributed by atoms with Crippen LogP contribution in [0.2, 0.25) is 0 Å². The normalized spacial score (nSPS) is 10.1. The average Bonchev–Trinajstić information content (AvgIpc) is 2.68. The van der Waals surface area contributed by atoms with E-state index in [9.17, 15) is 14.4 Å². The zero-order chi connectivity index (χ0) is 17.6. The summed E-state index contributed by atoms with van der Waals surface area (Å²) < 4.78 is 5.23. The fourth-order valence-corrected chi connectivity index (χ4v) is 2.26. The first-order valence-corrected chi connectivity index (χ1v) is 7.66.